The van der Waals surface area contributed by atoms with Gasteiger partial charge in [0.05, 0.1) is 17.6 Å². The van der Waals surface area contributed by atoms with Crippen LogP contribution in [0.3, 0.4) is 0 Å². The molecule has 4 rings (SSSR count). The molecule has 28 heavy (non-hydrogen) atoms. The van der Waals surface area contributed by atoms with E-state index < -0.39 is 0 Å². The summed E-state index contributed by atoms with van der Waals surface area (Å²) in [6.45, 7) is 3.90. The highest BCUT2D eigenvalue weighted by molar-refractivity contribution is 6.04. The predicted molar refractivity (Wildman–Crippen MR) is 107 cm³/mol. The molecule has 7 nitrogen and oxygen atoms in total. The van der Waals surface area contributed by atoms with E-state index in [4.69, 9.17) is 0 Å². The van der Waals surface area contributed by atoms with E-state index in [2.05, 4.69) is 20.7 Å². The van der Waals surface area contributed by atoms with E-state index in [1.807, 2.05) is 26.0 Å². The molecular weight excluding hydrogens is 354 g/mol. The highest BCUT2D eigenvalue weighted by Crippen LogP contribution is 2.30. The third-order valence-corrected chi connectivity index (χ3v) is 4.60. The maximum atomic E-state index is 12.4. The SMILES string of the molecule is Cc1cc(C)n(-c2ccc(NC(=O)c3ccc(NC(=O)C4CC4)cc3)cn2)n1. The summed E-state index contributed by atoms with van der Waals surface area (Å²) in [5.74, 6) is 0.652. The minimum Gasteiger partial charge on any atom is -0.326 e. The molecular formula is C21H21N5O2. The summed E-state index contributed by atoms with van der Waals surface area (Å²) in [4.78, 5) is 28.6. The predicted octanol–water partition coefficient (Wildman–Crippen LogP) is 3.48. The van der Waals surface area contributed by atoms with Crippen molar-refractivity contribution in [2.75, 3.05) is 10.6 Å². The van der Waals surface area contributed by atoms with Crippen LogP contribution < -0.4 is 10.6 Å². The van der Waals surface area contributed by atoms with Crippen molar-refractivity contribution in [2.24, 2.45) is 5.92 Å². The summed E-state index contributed by atoms with van der Waals surface area (Å²) >= 11 is 0. The van der Waals surface area contributed by atoms with Gasteiger partial charge >= 0.3 is 0 Å². The van der Waals surface area contributed by atoms with Crippen molar-refractivity contribution in [3.8, 4) is 5.82 Å². The Morgan fingerprint density at radius 3 is 2.29 bits per heavy atom. The third-order valence-electron chi connectivity index (χ3n) is 4.60. The van der Waals surface area contributed by atoms with E-state index >= 15 is 0 Å². The van der Waals surface area contributed by atoms with Crippen LogP contribution in [0.1, 0.15) is 34.6 Å². The Kier molecular flexibility index (Phi) is 4.65. The van der Waals surface area contributed by atoms with Gasteiger partial charge in [-0.05, 0) is 69.2 Å². The number of carbonyl (C=O) groups is 2. The molecule has 0 bridgehead atoms. The van der Waals surface area contributed by atoms with Crippen molar-refractivity contribution in [1.29, 1.82) is 0 Å². The largest absolute Gasteiger partial charge is 0.326 e. The van der Waals surface area contributed by atoms with Gasteiger partial charge in [-0.1, -0.05) is 0 Å². The van der Waals surface area contributed by atoms with Crippen LogP contribution in [0.4, 0.5) is 11.4 Å². The monoisotopic (exact) mass is 375 g/mol. The van der Waals surface area contributed by atoms with Crippen LogP contribution >= 0.6 is 0 Å². The number of anilines is 2. The average molecular weight is 375 g/mol. The maximum Gasteiger partial charge on any atom is 0.255 e. The number of rotatable bonds is 5. The molecule has 0 saturated heterocycles. The van der Waals surface area contributed by atoms with E-state index in [0.717, 1.165) is 24.2 Å². The number of hydrogen-bond acceptors (Lipinski definition) is 4. The maximum absolute atomic E-state index is 12.4. The Labute approximate surface area is 162 Å². The molecule has 0 radical (unpaired) electrons. The second-order valence-corrected chi connectivity index (χ2v) is 7.04. The van der Waals surface area contributed by atoms with E-state index in [9.17, 15) is 9.59 Å². The summed E-state index contributed by atoms with van der Waals surface area (Å²) in [6, 6.07) is 12.4. The van der Waals surface area contributed by atoms with Gasteiger partial charge in [0.2, 0.25) is 5.91 Å². The van der Waals surface area contributed by atoms with Crippen LogP contribution in [0.15, 0.2) is 48.7 Å². The van der Waals surface area contributed by atoms with Gasteiger partial charge in [0.15, 0.2) is 5.82 Å². The van der Waals surface area contributed by atoms with Crippen LogP contribution in [-0.2, 0) is 4.79 Å². The molecule has 2 heterocycles. The van der Waals surface area contributed by atoms with Gasteiger partial charge in [-0.3, -0.25) is 9.59 Å². The van der Waals surface area contributed by atoms with Crippen LogP contribution in [0.5, 0.6) is 0 Å². The molecule has 0 spiro atoms. The summed E-state index contributed by atoms with van der Waals surface area (Å²) in [5, 5.41) is 10.1. The summed E-state index contributed by atoms with van der Waals surface area (Å²) in [5.41, 5.74) is 3.72. The molecule has 2 amide bonds. The molecule has 0 unspecified atom stereocenters. The number of hydrogen-bond donors (Lipinski definition) is 2. The second-order valence-electron chi connectivity index (χ2n) is 7.04. The molecule has 0 atom stereocenters. The van der Waals surface area contributed by atoms with E-state index in [1.165, 1.54) is 0 Å². The van der Waals surface area contributed by atoms with Crippen LogP contribution in [-0.4, -0.2) is 26.6 Å². The van der Waals surface area contributed by atoms with Crippen molar-refractivity contribution in [2.45, 2.75) is 26.7 Å². The Balaban J connectivity index is 1.40. The van der Waals surface area contributed by atoms with Gasteiger partial charge in [0.1, 0.15) is 0 Å². The second kappa shape index (κ2) is 7.26. The fraction of sp³-hybridized carbons (Fsp3) is 0.238. The van der Waals surface area contributed by atoms with Crippen LogP contribution in [0, 0.1) is 19.8 Å². The zero-order valence-electron chi connectivity index (χ0n) is 15.8. The molecule has 3 aromatic rings. The van der Waals surface area contributed by atoms with Gasteiger partial charge in [0.25, 0.3) is 5.91 Å². The molecule has 1 fully saturated rings. The number of amides is 2. The van der Waals surface area contributed by atoms with Crippen LogP contribution in [0.2, 0.25) is 0 Å². The lowest BCUT2D eigenvalue weighted by Gasteiger charge is -2.08. The number of aryl methyl sites for hydroxylation is 2. The van der Waals surface area contributed by atoms with Gasteiger partial charge < -0.3 is 10.6 Å². The van der Waals surface area contributed by atoms with Crippen molar-refractivity contribution >= 4 is 23.2 Å². The number of nitrogens with one attached hydrogen (secondary N) is 2. The standard InChI is InChI=1S/C21H21N5O2/c1-13-11-14(2)26(25-13)19-10-9-18(12-22-19)24-21(28)16-5-7-17(8-6-16)23-20(27)15-3-4-15/h5-12,15H,3-4H2,1-2H3,(H,23,27)(H,24,28). The van der Waals surface area contributed by atoms with E-state index in [0.29, 0.717) is 22.8 Å². The van der Waals surface area contributed by atoms with E-state index in [-0.39, 0.29) is 17.7 Å². The molecule has 1 aliphatic carbocycles. The number of carbonyl (C=O) groups excluding carboxylic acids is 2. The minimum absolute atomic E-state index is 0.0472. The van der Waals surface area contributed by atoms with Crippen molar-refractivity contribution in [1.82, 2.24) is 14.8 Å². The van der Waals surface area contributed by atoms with Crippen molar-refractivity contribution in [3.63, 3.8) is 0 Å². The fourth-order valence-corrected chi connectivity index (χ4v) is 2.94. The molecule has 2 aromatic heterocycles. The molecule has 1 aromatic carbocycles. The zero-order chi connectivity index (χ0) is 19.7. The first-order chi connectivity index (χ1) is 13.5. The smallest absolute Gasteiger partial charge is 0.255 e. The van der Waals surface area contributed by atoms with Gasteiger partial charge in [-0.25, -0.2) is 9.67 Å². The first-order valence-corrected chi connectivity index (χ1v) is 9.21. The first kappa shape index (κ1) is 17.9. The molecule has 2 N–H and O–H groups in total. The minimum atomic E-state index is -0.235. The number of benzene rings is 1. The molecule has 1 aliphatic rings. The number of aromatic nitrogens is 3. The molecule has 142 valence electrons. The fourth-order valence-electron chi connectivity index (χ4n) is 2.94. The summed E-state index contributed by atoms with van der Waals surface area (Å²) in [6.07, 6.45) is 3.52. The van der Waals surface area contributed by atoms with Gasteiger partial charge in [-0.15, -0.1) is 0 Å². The third kappa shape index (κ3) is 3.93. The van der Waals surface area contributed by atoms with Gasteiger partial charge in [0, 0.05) is 22.9 Å². The van der Waals surface area contributed by atoms with Crippen LogP contribution in [0.25, 0.3) is 5.82 Å². The zero-order valence-corrected chi connectivity index (χ0v) is 15.8. The highest BCUT2D eigenvalue weighted by Gasteiger charge is 2.29. The lowest BCUT2D eigenvalue weighted by molar-refractivity contribution is -0.117. The average Bonchev–Trinajstić information content (AvgIpc) is 3.48. The summed E-state index contributed by atoms with van der Waals surface area (Å²) in [7, 11) is 0. The Morgan fingerprint density at radius 2 is 1.71 bits per heavy atom. The van der Waals surface area contributed by atoms with Crippen molar-refractivity contribution in [3.05, 3.63) is 65.6 Å². The first-order valence-electron chi connectivity index (χ1n) is 9.21. The van der Waals surface area contributed by atoms with Crippen molar-refractivity contribution < 1.29 is 9.59 Å². The van der Waals surface area contributed by atoms with E-state index in [1.54, 1.807) is 41.2 Å². The highest BCUT2D eigenvalue weighted by atomic mass is 16.2. The summed E-state index contributed by atoms with van der Waals surface area (Å²) < 4.78 is 1.76. The Hall–Kier alpha value is -3.48. The Bertz CT molecular complexity index is 1020. The van der Waals surface area contributed by atoms with Gasteiger partial charge in [-0.2, -0.15) is 5.10 Å². The Morgan fingerprint density at radius 1 is 1.00 bits per heavy atom. The molecule has 7 heteroatoms. The molecule has 0 aliphatic heterocycles. The lowest BCUT2D eigenvalue weighted by Crippen LogP contribution is -2.14. The number of nitrogens with zero attached hydrogens (tertiary/aromatic N) is 3. The number of pyridine rings is 1. The normalized spacial score (nSPS) is 13.2. The lowest BCUT2D eigenvalue weighted by atomic mass is 10.2. The quantitative estimate of drug-likeness (QED) is 0.714. The topological polar surface area (TPSA) is 88.9 Å². The molecule has 1 saturated carbocycles.